The maximum Gasteiger partial charge on any atom is 0.255 e. The van der Waals surface area contributed by atoms with Crippen LogP contribution in [0.1, 0.15) is 67.8 Å². The Balaban J connectivity index is 1.23. The SMILES string of the molecule is C=C1CCC(N2Cc3cc(OC4CCCC4N(CC)CC4CC(OC)C4)ccc3C2=O)C(=O)N1. The molecule has 1 aromatic rings. The van der Waals surface area contributed by atoms with Crippen LogP contribution in [0.15, 0.2) is 30.5 Å². The second-order valence-corrected chi connectivity index (χ2v) is 10.3. The van der Waals surface area contributed by atoms with Crippen molar-refractivity contribution in [1.29, 1.82) is 0 Å². The molecule has 4 aliphatic rings. The van der Waals surface area contributed by atoms with E-state index in [9.17, 15) is 9.59 Å². The number of likely N-dealkylation sites (N-methyl/N-ethyl adjacent to an activating group) is 1. The summed E-state index contributed by atoms with van der Waals surface area (Å²) < 4.78 is 12.0. The van der Waals surface area contributed by atoms with Crippen LogP contribution < -0.4 is 10.1 Å². The Morgan fingerprint density at radius 2 is 2.03 bits per heavy atom. The topological polar surface area (TPSA) is 71.1 Å². The van der Waals surface area contributed by atoms with Gasteiger partial charge in [0.15, 0.2) is 0 Å². The summed E-state index contributed by atoms with van der Waals surface area (Å²) in [5, 5.41) is 2.80. The molecule has 2 saturated carbocycles. The lowest BCUT2D eigenvalue weighted by Gasteiger charge is -2.40. The summed E-state index contributed by atoms with van der Waals surface area (Å²) in [6, 6.07) is 5.79. The number of hydrogen-bond acceptors (Lipinski definition) is 5. The summed E-state index contributed by atoms with van der Waals surface area (Å²) in [6.45, 7) is 8.68. The van der Waals surface area contributed by atoms with E-state index in [0.717, 1.165) is 61.7 Å². The van der Waals surface area contributed by atoms with Crippen molar-refractivity contribution < 1.29 is 19.1 Å². The zero-order valence-electron chi connectivity index (χ0n) is 20.4. The lowest BCUT2D eigenvalue weighted by Crippen LogP contribution is -2.49. The van der Waals surface area contributed by atoms with E-state index >= 15 is 0 Å². The molecule has 2 aliphatic heterocycles. The van der Waals surface area contributed by atoms with Crippen molar-refractivity contribution in [1.82, 2.24) is 15.1 Å². The lowest BCUT2D eigenvalue weighted by molar-refractivity contribution is -0.126. The van der Waals surface area contributed by atoms with Crippen LogP contribution >= 0.6 is 0 Å². The first-order valence-corrected chi connectivity index (χ1v) is 12.8. The maximum absolute atomic E-state index is 13.0. The molecule has 1 N–H and O–H groups in total. The molecular weight excluding hydrogens is 430 g/mol. The van der Waals surface area contributed by atoms with Crippen LogP contribution in [0.3, 0.4) is 0 Å². The average molecular weight is 468 g/mol. The molecule has 2 heterocycles. The molecule has 3 fully saturated rings. The van der Waals surface area contributed by atoms with Gasteiger partial charge in [-0.25, -0.2) is 0 Å². The molecule has 0 radical (unpaired) electrons. The highest BCUT2D eigenvalue weighted by Crippen LogP contribution is 2.35. The molecule has 2 aliphatic carbocycles. The zero-order chi connectivity index (χ0) is 23.8. The number of carbonyl (C=O) groups excluding carboxylic acids is 2. The molecule has 5 rings (SSSR count). The predicted molar refractivity (Wildman–Crippen MR) is 129 cm³/mol. The predicted octanol–water partition coefficient (Wildman–Crippen LogP) is 3.48. The van der Waals surface area contributed by atoms with E-state index in [0.29, 0.717) is 37.1 Å². The maximum atomic E-state index is 13.0. The number of amides is 2. The Hall–Kier alpha value is -2.38. The van der Waals surface area contributed by atoms with Crippen LogP contribution in [-0.2, 0) is 16.1 Å². The molecule has 1 saturated heterocycles. The highest BCUT2D eigenvalue weighted by molar-refractivity contribution is 6.01. The van der Waals surface area contributed by atoms with Gasteiger partial charge < -0.3 is 19.7 Å². The normalized spacial score (nSPS) is 31.0. The standard InChI is InChI=1S/C27H37N3O4/c1-4-29(15-18-12-21(13-18)33-3)23-6-5-7-25(23)34-20-9-10-22-19(14-20)16-30(27(22)32)24-11-8-17(2)28-26(24)31/h9-10,14,18,21,23-25H,2,4-8,11-13,15-16H2,1,3H3,(H,28,31). The quantitative estimate of drug-likeness (QED) is 0.634. The van der Waals surface area contributed by atoms with E-state index in [1.807, 2.05) is 25.3 Å². The molecule has 7 heteroatoms. The second-order valence-electron chi connectivity index (χ2n) is 10.3. The minimum absolute atomic E-state index is 0.0695. The van der Waals surface area contributed by atoms with Crippen molar-refractivity contribution in [3.05, 3.63) is 41.6 Å². The average Bonchev–Trinajstić information content (AvgIpc) is 3.37. The number of nitrogens with one attached hydrogen (secondary N) is 1. The molecule has 2 amide bonds. The van der Waals surface area contributed by atoms with Crippen molar-refractivity contribution in [3.8, 4) is 5.75 Å². The first-order valence-electron chi connectivity index (χ1n) is 12.8. The molecule has 184 valence electrons. The zero-order valence-corrected chi connectivity index (χ0v) is 20.4. The van der Waals surface area contributed by atoms with Crippen LogP contribution in [0.5, 0.6) is 5.75 Å². The highest BCUT2D eigenvalue weighted by atomic mass is 16.5. The number of fused-ring (bicyclic) bond motifs is 1. The van der Waals surface area contributed by atoms with Gasteiger partial charge >= 0.3 is 0 Å². The Kier molecular flexibility index (Phi) is 6.67. The number of hydrogen-bond donors (Lipinski definition) is 1. The third-order valence-corrected chi connectivity index (χ3v) is 8.21. The van der Waals surface area contributed by atoms with Gasteiger partial charge in [0.25, 0.3) is 5.91 Å². The first kappa shape index (κ1) is 23.4. The Bertz CT molecular complexity index is 957. The summed E-state index contributed by atoms with van der Waals surface area (Å²) in [6.07, 6.45) is 7.65. The van der Waals surface area contributed by atoms with Gasteiger partial charge in [-0.2, -0.15) is 0 Å². The summed E-state index contributed by atoms with van der Waals surface area (Å²) in [4.78, 5) is 29.8. The first-order chi connectivity index (χ1) is 16.5. The van der Waals surface area contributed by atoms with Crippen LogP contribution in [0.2, 0.25) is 0 Å². The van der Waals surface area contributed by atoms with Crippen molar-refractivity contribution in [2.45, 2.75) is 82.7 Å². The summed E-state index contributed by atoms with van der Waals surface area (Å²) in [7, 11) is 1.81. The molecule has 1 aromatic carbocycles. The molecule has 0 spiro atoms. The van der Waals surface area contributed by atoms with Crippen LogP contribution in [0.4, 0.5) is 0 Å². The van der Waals surface area contributed by atoms with Crippen molar-refractivity contribution in [2.24, 2.45) is 5.92 Å². The number of benzene rings is 1. The number of carbonyl (C=O) groups is 2. The van der Waals surface area contributed by atoms with Gasteiger partial charge in [-0.05, 0) is 81.2 Å². The lowest BCUT2D eigenvalue weighted by atomic mass is 9.81. The third kappa shape index (κ3) is 4.48. The van der Waals surface area contributed by atoms with Gasteiger partial charge in [-0.1, -0.05) is 13.5 Å². The van der Waals surface area contributed by atoms with Crippen molar-refractivity contribution in [2.75, 3.05) is 20.2 Å². The molecule has 3 unspecified atom stereocenters. The largest absolute Gasteiger partial charge is 0.489 e. The van der Waals surface area contributed by atoms with E-state index in [2.05, 4.69) is 23.7 Å². The second kappa shape index (κ2) is 9.70. The molecule has 0 bridgehead atoms. The van der Waals surface area contributed by atoms with E-state index in [4.69, 9.17) is 9.47 Å². The van der Waals surface area contributed by atoms with E-state index in [-0.39, 0.29) is 17.9 Å². The number of ether oxygens (including phenoxy) is 2. The molecule has 0 aromatic heterocycles. The summed E-state index contributed by atoms with van der Waals surface area (Å²) in [5.41, 5.74) is 2.35. The number of rotatable bonds is 8. The van der Waals surface area contributed by atoms with Crippen molar-refractivity contribution >= 4 is 11.8 Å². The van der Waals surface area contributed by atoms with Gasteiger partial charge in [0.1, 0.15) is 17.9 Å². The Morgan fingerprint density at radius 3 is 2.76 bits per heavy atom. The monoisotopic (exact) mass is 467 g/mol. The summed E-state index contributed by atoms with van der Waals surface area (Å²) in [5.74, 6) is 1.34. The van der Waals surface area contributed by atoms with Gasteiger partial charge in [-0.3, -0.25) is 14.5 Å². The van der Waals surface area contributed by atoms with Crippen LogP contribution in [-0.4, -0.2) is 66.1 Å². The molecule has 3 atom stereocenters. The van der Waals surface area contributed by atoms with Gasteiger partial charge in [0.05, 0.1) is 6.10 Å². The Morgan fingerprint density at radius 1 is 1.21 bits per heavy atom. The van der Waals surface area contributed by atoms with E-state index in [1.54, 1.807) is 4.90 Å². The molecule has 7 nitrogen and oxygen atoms in total. The highest BCUT2D eigenvalue weighted by Gasteiger charge is 2.39. The minimum Gasteiger partial charge on any atom is -0.489 e. The molecular formula is C27H37N3O4. The van der Waals surface area contributed by atoms with Gasteiger partial charge in [0.2, 0.25) is 5.91 Å². The third-order valence-electron chi connectivity index (χ3n) is 8.21. The van der Waals surface area contributed by atoms with Gasteiger partial charge in [0, 0.05) is 37.5 Å². The fourth-order valence-corrected chi connectivity index (χ4v) is 6.19. The van der Waals surface area contributed by atoms with Crippen molar-refractivity contribution in [3.63, 3.8) is 0 Å². The molecule has 34 heavy (non-hydrogen) atoms. The summed E-state index contributed by atoms with van der Waals surface area (Å²) >= 11 is 0. The van der Waals surface area contributed by atoms with Crippen LogP contribution in [0, 0.1) is 5.92 Å². The number of methoxy groups -OCH3 is 1. The fraction of sp³-hybridized carbons (Fsp3) is 0.630. The number of allylic oxidation sites excluding steroid dienone is 1. The Labute approximate surface area is 202 Å². The van der Waals surface area contributed by atoms with E-state index in [1.165, 1.54) is 6.42 Å². The number of nitrogens with zero attached hydrogens (tertiary/aromatic N) is 2. The number of piperidine rings is 1. The fourth-order valence-electron chi connectivity index (χ4n) is 6.19. The minimum atomic E-state index is -0.434. The van der Waals surface area contributed by atoms with Crippen LogP contribution in [0.25, 0.3) is 0 Å². The van der Waals surface area contributed by atoms with Gasteiger partial charge in [-0.15, -0.1) is 0 Å². The smallest absolute Gasteiger partial charge is 0.255 e. The van der Waals surface area contributed by atoms with E-state index < -0.39 is 6.04 Å².